The molecule has 18 heavy (non-hydrogen) atoms. The summed E-state index contributed by atoms with van der Waals surface area (Å²) in [5, 5.41) is 0. The predicted molar refractivity (Wildman–Crippen MR) is 73.1 cm³/mol. The SMILES string of the molecule is COCCS(=O)(=O)NCCC(C)c1ccccc1. The molecule has 1 unspecified atom stereocenters. The molecule has 0 aliphatic heterocycles. The Morgan fingerprint density at radius 3 is 2.56 bits per heavy atom. The minimum absolute atomic E-state index is 0.0171. The fourth-order valence-corrected chi connectivity index (χ4v) is 2.60. The van der Waals surface area contributed by atoms with Gasteiger partial charge in [0.1, 0.15) is 0 Å². The van der Waals surface area contributed by atoms with Crippen LogP contribution in [0, 0.1) is 0 Å². The van der Waals surface area contributed by atoms with Crippen LogP contribution in [0.3, 0.4) is 0 Å². The lowest BCUT2D eigenvalue weighted by atomic mass is 9.98. The lowest BCUT2D eigenvalue weighted by Crippen LogP contribution is -2.29. The molecule has 0 saturated heterocycles. The third-order valence-electron chi connectivity index (χ3n) is 2.82. The van der Waals surface area contributed by atoms with Gasteiger partial charge < -0.3 is 4.74 Å². The molecule has 0 saturated carbocycles. The Bertz CT molecular complexity index is 431. The predicted octanol–water partition coefficient (Wildman–Crippen LogP) is 1.75. The van der Waals surface area contributed by atoms with Crippen LogP contribution in [0.4, 0.5) is 0 Å². The second-order valence-electron chi connectivity index (χ2n) is 4.31. The van der Waals surface area contributed by atoms with Crippen molar-refractivity contribution in [2.75, 3.05) is 26.0 Å². The van der Waals surface area contributed by atoms with Gasteiger partial charge >= 0.3 is 0 Å². The molecule has 5 heteroatoms. The van der Waals surface area contributed by atoms with Crippen LogP contribution >= 0.6 is 0 Å². The van der Waals surface area contributed by atoms with Gasteiger partial charge in [-0.15, -0.1) is 0 Å². The van der Waals surface area contributed by atoms with E-state index in [0.29, 0.717) is 12.5 Å². The second kappa shape index (κ2) is 7.51. The Hall–Kier alpha value is -0.910. The summed E-state index contributed by atoms with van der Waals surface area (Å²) >= 11 is 0. The Morgan fingerprint density at radius 1 is 1.28 bits per heavy atom. The van der Waals surface area contributed by atoms with Crippen LogP contribution in [0.25, 0.3) is 0 Å². The average Bonchev–Trinajstić information content (AvgIpc) is 2.37. The number of sulfonamides is 1. The molecule has 1 atom stereocenters. The Balaban J connectivity index is 2.34. The summed E-state index contributed by atoms with van der Waals surface area (Å²) in [6.45, 7) is 2.78. The van der Waals surface area contributed by atoms with E-state index in [2.05, 4.69) is 23.8 Å². The minimum atomic E-state index is -3.20. The summed E-state index contributed by atoms with van der Waals surface area (Å²) in [7, 11) is -1.70. The molecule has 0 aromatic heterocycles. The molecule has 0 spiro atoms. The van der Waals surface area contributed by atoms with E-state index in [1.165, 1.54) is 12.7 Å². The highest BCUT2D eigenvalue weighted by Gasteiger charge is 2.10. The number of ether oxygens (including phenoxy) is 1. The van der Waals surface area contributed by atoms with Gasteiger partial charge in [0.25, 0.3) is 0 Å². The summed E-state index contributed by atoms with van der Waals surface area (Å²) < 4.78 is 30.4. The molecule has 0 bridgehead atoms. The lowest BCUT2D eigenvalue weighted by Gasteiger charge is -2.12. The van der Waals surface area contributed by atoms with Gasteiger partial charge in [0.2, 0.25) is 10.0 Å². The summed E-state index contributed by atoms with van der Waals surface area (Å²) in [6.07, 6.45) is 0.788. The van der Waals surface area contributed by atoms with Crippen LogP contribution in [-0.2, 0) is 14.8 Å². The second-order valence-corrected chi connectivity index (χ2v) is 6.23. The number of hydrogen-bond donors (Lipinski definition) is 1. The maximum absolute atomic E-state index is 11.5. The summed E-state index contributed by atoms with van der Waals surface area (Å²) in [4.78, 5) is 0. The van der Waals surface area contributed by atoms with Gasteiger partial charge in [-0.2, -0.15) is 0 Å². The fourth-order valence-electron chi connectivity index (χ4n) is 1.64. The largest absolute Gasteiger partial charge is 0.384 e. The first-order chi connectivity index (χ1) is 8.55. The van der Waals surface area contributed by atoms with Crippen molar-refractivity contribution in [2.45, 2.75) is 19.3 Å². The Morgan fingerprint density at radius 2 is 1.94 bits per heavy atom. The number of benzene rings is 1. The maximum Gasteiger partial charge on any atom is 0.213 e. The first-order valence-corrected chi connectivity index (χ1v) is 7.71. The van der Waals surface area contributed by atoms with Crippen LogP contribution in [0.2, 0.25) is 0 Å². The van der Waals surface area contributed by atoms with Gasteiger partial charge in [-0.3, -0.25) is 0 Å². The van der Waals surface area contributed by atoms with Crippen LogP contribution in [-0.4, -0.2) is 34.4 Å². The van der Waals surface area contributed by atoms with E-state index < -0.39 is 10.0 Å². The molecule has 0 aliphatic rings. The quantitative estimate of drug-likeness (QED) is 0.783. The highest BCUT2D eigenvalue weighted by Crippen LogP contribution is 2.17. The van der Waals surface area contributed by atoms with Gasteiger partial charge in [0.15, 0.2) is 0 Å². The molecule has 102 valence electrons. The summed E-state index contributed by atoms with van der Waals surface area (Å²) in [6, 6.07) is 10.1. The van der Waals surface area contributed by atoms with Gasteiger partial charge in [-0.1, -0.05) is 37.3 Å². The first kappa shape index (κ1) is 15.1. The van der Waals surface area contributed by atoms with Gasteiger partial charge in [-0.05, 0) is 17.9 Å². The Labute approximate surface area is 109 Å². The third-order valence-corrected chi connectivity index (χ3v) is 4.17. The minimum Gasteiger partial charge on any atom is -0.384 e. The van der Waals surface area contributed by atoms with Gasteiger partial charge in [0, 0.05) is 13.7 Å². The zero-order valence-corrected chi connectivity index (χ0v) is 11.7. The van der Waals surface area contributed by atoms with Crippen LogP contribution in [0.1, 0.15) is 24.8 Å². The van der Waals surface area contributed by atoms with E-state index >= 15 is 0 Å². The smallest absolute Gasteiger partial charge is 0.213 e. The van der Waals surface area contributed by atoms with Crippen molar-refractivity contribution in [3.05, 3.63) is 35.9 Å². The summed E-state index contributed by atoms with van der Waals surface area (Å²) in [5.74, 6) is 0.361. The zero-order valence-electron chi connectivity index (χ0n) is 10.9. The number of methoxy groups -OCH3 is 1. The molecular weight excluding hydrogens is 250 g/mol. The van der Waals surface area contributed by atoms with E-state index in [9.17, 15) is 8.42 Å². The highest BCUT2D eigenvalue weighted by atomic mass is 32.2. The van der Waals surface area contributed by atoms with Crippen molar-refractivity contribution in [1.29, 1.82) is 0 Å². The average molecular weight is 271 g/mol. The molecular formula is C13H21NO3S. The molecule has 0 aliphatic carbocycles. The van der Waals surface area contributed by atoms with E-state index in [4.69, 9.17) is 4.74 Å². The molecule has 1 N–H and O–H groups in total. The lowest BCUT2D eigenvalue weighted by molar-refractivity contribution is 0.217. The van der Waals surface area contributed by atoms with Crippen molar-refractivity contribution < 1.29 is 13.2 Å². The van der Waals surface area contributed by atoms with Crippen LogP contribution in [0.15, 0.2) is 30.3 Å². The van der Waals surface area contributed by atoms with Crippen molar-refractivity contribution in [1.82, 2.24) is 4.72 Å². The normalized spacial score (nSPS) is 13.4. The molecule has 0 radical (unpaired) electrons. The number of rotatable bonds is 8. The third kappa shape index (κ3) is 5.62. The molecule has 1 rings (SSSR count). The molecule has 1 aromatic carbocycles. The van der Waals surface area contributed by atoms with Crippen molar-refractivity contribution >= 4 is 10.0 Å². The number of nitrogens with one attached hydrogen (secondary N) is 1. The van der Waals surface area contributed by atoms with E-state index in [1.54, 1.807) is 0 Å². The van der Waals surface area contributed by atoms with Crippen molar-refractivity contribution in [2.24, 2.45) is 0 Å². The van der Waals surface area contributed by atoms with Crippen molar-refractivity contribution in [3.63, 3.8) is 0 Å². The number of hydrogen-bond acceptors (Lipinski definition) is 3. The monoisotopic (exact) mass is 271 g/mol. The fraction of sp³-hybridized carbons (Fsp3) is 0.538. The summed E-state index contributed by atoms with van der Waals surface area (Å²) in [5.41, 5.74) is 1.23. The van der Waals surface area contributed by atoms with Crippen molar-refractivity contribution in [3.8, 4) is 0 Å². The van der Waals surface area contributed by atoms with E-state index in [1.807, 2.05) is 18.2 Å². The van der Waals surface area contributed by atoms with Crippen LogP contribution in [0.5, 0.6) is 0 Å². The van der Waals surface area contributed by atoms with Gasteiger partial charge in [-0.25, -0.2) is 13.1 Å². The standard InChI is InChI=1S/C13H21NO3S/c1-12(13-6-4-3-5-7-13)8-9-14-18(15,16)11-10-17-2/h3-7,12,14H,8-11H2,1-2H3. The zero-order chi connectivity index (χ0) is 13.4. The molecule has 0 fully saturated rings. The topological polar surface area (TPSA) is 55.4 Å². The van der Waals surface area contributed by atoms with E-state index in [0.717, 1.165) is 6.42 Å². The first-order valence-electron chi connectivity index (χ1n) is 6.06. The van der Waals surface area contributed by atoms with Gasteiger partial charge in [0.05, 0.1) is 12.4 Å². The molecule has 0 heterocycles. The highest BCUT2D eigenvalue weighted by molar-refractivity contribution is 7.89. The molecule has 4 nitrogen and oxygen atoms in total. The molecule has 0 amide bonds. The van der Waals surface area contributed by atoms with Crippen LogP contribution < -0.4 is 4.72 Å². The maximum atomic E-state index is 11.5. The Kier molecular flexibility index (Phi) is 6.32. The molecule has 1 aromatic rings. The van der Waals surface area contributed by atoms with E-state index in [-0.39, 0.29) is 12.4 Å².